The standard InChI is InChI=1S/C20H20Cl3NO3/c1-27-17-6-5-13(21)11-15(17)19(14-3-2-4-16(22)18(14)23)24-9-7-12(8-10-24)20(25)26/h2-6,11-12,19H,7-10H2,1H3,(H,25,26). The molecule has 7 heteroatoms. The van der Waals surface area contributed by atoms with Gasteiger partial charge in [-0.1, -0.05) is 46.9 Å². The topological polar surface area (TPSA) is 49.8 Å². The third-order valence-corrected chi connectivity index (χ3v) is 6.07. The summed E-state index contributed by atoms with van der Waals surface area (Å²) in [6.45, 7) is 1.25. The number of aliphatic carboxylic acids is 1. The lowest BCUT2D eigenvalue weighted by Gasteiger charge is -2.38. The average Bonchev–Trinajstić information content (AvgIpc) is 2.66. The molecule has 0 spiro atoms. The van der Waals surface area contributed by atoms with Crippen molar-refractivity contribution in [2.75, 3.05) is 20.2 Å². The number of ether oxygens (including phenoxy) is 1. The molecule has 1 unspecified atom stereocenters. The number of nitrogens with zero attached hydrogens (tertiary/aromatic N) is 1. The van der Waals surface area contributed by atoms with E-state index in [1.54, 1.807) is 19.2 Å². The number of carbonyl (C=O) groups is 1. The third-order valence-electron chi connectivity index (χ3n) is 5.01. The van der Waals surface area contributed by atoms with Crippen molar-refractivity contribution >= 4 is 40.8 Å². The Kier molecular flexibility index (Phi) is 6.53. The SMILES string of the molecule is COc1ccc(Cl)cc1C(c1cccc(Cl)c1Cl)N1CCC(C(=O)O)CC1. The minimum atomic E-state index is -0.743. The molecular weight excluding hydrogens is 409 g/mol. The van der Waals surface area contributed by atoms with Crippen molar-refractivity contribution in [3.05, 3.63) is 62.6 Å². The van der Waals surface area contributed by atoms with Crippen LogP contribution < -0.4 is 4.74 Å². The number of piperidine rings is 1. The van der Waals surface area contributed by atoms with Gasteiger partial charge < -0.3 is 9.84 Å². The fraction of sp³-hybridized carbons (Fsp3) is 0.350. The quantitative estimate of drug-likeness (QED) is 0.679. The third kappa shape index (κ3) is 4.35. The van der Waals surface area contributed by atoms with E-state index >= 15 is 0 Å². The van der Waals surface area contributed by atoms with Gasteiger partial charge >= 0.3 is 5.97 Å². The first-order valence-corrected chi connectivity index (χ1v) is 9.80. The van der Waals surface area contributed by atoms with Crippen LogP contribution in [-0.4, -0.2) is 36.2 Å². The maximum Gasteiger partial charge on any atom is 0.306 e. The summed E-state index contributed by atoms with van der Waals surface area (Å²) in [5.74, 6) is -0.369. The first-order valence-electron chi connectivity index (χ1n) is 8.66. The van der Waals surface area contributed by atoms with Crippen LogP contribution in [0.4, 0.5) is 0 Å². The second-order valence-electron chi connectivity index (χ2n) is 6.58. The molecule has 0 aliphatic carbocycles. The van der Waals surface area contributed by atoms with E-state index in [1.165, 1.54) is 0 Å². The number of rotatable bonds is 5. The van der Waals surface area contributed by atoms with Crippen LogP contribution in [0.3, 0.4) is 0 Å². The zero-order valence-corrected chi connectivity index (χ0v) is 17.1. The van der Waals surface area contributed by atoms with Crippen LogP contribution in [0.5, 0.6) is 5.75 Å². The molecule has 0 aromatic heterocycles. The highest BCUT2D eigenvalue weighted by molar-refractivity contribution is 6.42. The molecule has 2 aromatic rings. The Morgan fingerprint density at radius 2 is 1.85 bits per heavy atom. The highest BCUT2D eigenvalue weighted by Crippen LogP contribution is 2.42. The van der Waals surface area contributed by atoms with E-state index in [0.29, 0.717) is 46.7 Å². The molecule has 1 N–H and O–H groups in total. The molecule has 144 valence electrons. The molecule has 0 saturated carbocycles. The summed E-state index contributed by atoms with van der Waals surface area (Å²) in [4.78, 5) is 13.5. The molecule has 0 bridgehead atoms. The largest absolute Gasteiger partial charge is 0.496 e. The Morgan fingerprint density at radius 1 is 1.15 bits per heavy atom. The highest BCUT2D eigenvalue weighted by Gasteiger charge is 2.33. The van der Waals surface area contributed by atoms with Crippen molar-refractivity contribution in [1.82, 2.24) is 4.90 Å². The van der Waals surface area contributed by atoms with E-state index in [9.17, 15) is 9.90 Å². The molecule has 1 saturated heterocycles. The summed E-state index contributed by atoms with van der Waals surface area (Å²) < 4.78 is 5.57. The van der Waals surface area contributed by atoms with Gasteiger partial charge in [-0.2, -0.15) is 0 Å². The molecule has 1 heterocycles. The molecular formula is C20H20Cl3NO3. The molecule has 2 aromatic carbocycles. The number of hydrogen-bond acceptors (Lipinski definition) is 3. The van der Waals surface area contributed by atoms with E-state index < -0.39 is 5.97 Å². The van der Waals surface area contributed by atoms with Crippen LogP contribution >= 0.6 is 34.8 Å². The van der Waals surface area contributed by atoms with Crippen LogP contribution in [0.1, 0.15) is 30.0 Å². The molecule has 4 nitrogen and oxygen atoms in total. The monoisotopic (exact) mass is 427 g/mol. The highest BCUT2D eigenvalue weighted by atomic mass is 35.5. The fourth-order valence-corrected chi connectivity index (χ4v) is 4.21. The zero-order valence-electron chi connectivity index (χ0n) is 14.8. The summed E-state index contributed by atoms with van der Waals surface area (Å²) in [6.07, 6.45) is 1.15. The van der Waals surface area contributed by atoms with Crippen molar-refractivity contribution in [2.24, 2.45) is 5.92 Å². The number of benzene rings is 2. The number of halogens is 3. The minimum Gasteiger partial charge on any atom is -0.496 e. The summed E-state index contributed by atoms with van der Waals surface area (Å²) in [5.41, 5.74) is 1.72. The summed E-state index contributed by atoms with van der Waals surface area (Å²) >= 11 is 19.1. The lowest BCUT2D eigenvalue weighted by molar-refractivity contribution is -0.143. The lowest BCUT2D eigenvalue weighted by atomic mass is 9.91. The average molecular weight is 429 g/mol. The smallest absolute Gasteiger partial charge is 0.306 e. The van der Waals surface area contributed by atoms with Crippen molar-refractivity contribution in [2.45, 2.75) is 18.9 Å². The number of methoxy groups -OCH3 is 1. The van der Waals surface area contributed by atoms with Gasteiger partial charge in [0.2, 0.25) is 0 Å². The Hall–Kier alpha value is -1.46. The maximum atomic E-state index is 11.3. The molecule has 1 fully saturated rings. The van der Waals surface area contributed by atoms with Crippen molar-refractivity contribution in [3.8, 4) is 5.75 Å². The summed E-state index contributed by atoms with van der Waals surface area (Å²) in [7, 11) is 1.61. The van der Waals surface area contributed by atoms with Crippen molar-refractivity contribution in [1.29, 1.82) is 0 Å². The zero-order chi connectivity index (χ0) is 19.6. The van der Waals surface area contributed by atoms with Gasteiger partial charge in [0, 0.05) is 10.6 Å². The van der Waals surface area contributed by atoms with E-state index in [4.69, 9.17) is 39.5 Å². The van der Waals surface area contributed by atoms with Gasteiger partial charge in [-0.3, -0.25) is 9.69 Å². The van der Waals surface area contributed by atoms with E-state index in [0.717, 1.165) is 11.1 Å². The van der Waals surface area contributed by atoms with Crippen molar-refractivity contribution in [3.63, 3.8) is 0 Å². The minimum absolute atomic E-state index is 0.236. The number of likely N-dealkylation sites (tertiary alicyclic amines) is 1. The molecule has 0 amide bonds. The van der Waals surface area contributed by atoms with Gasteiger partial charge in [0.05, 0.1) is 29.1 Å². The lowest BCUT2D eigenvalue weighted by Crippen LogP contribution is -2.39. The maximum absolute atomic E-state index is 11.3. The first kappa shape index (κ1) is 20.3. The van der Waals surface area contributed by atoms with Gasteiger partial charge in [-0.25, -0.2) is 0 Å². The Bertz CT molecular complexity index is 835. The van der Waals surface area contributed by atoms with Crippen LogP contribution in [0, 0.1) is 5.92 Å². The van der Waals surface area contributed by atoms with Gasteiger partial charge in [0.25, 0.3) is 0 Å². The Labute approximate surface area is 173 Å². The van der Waals surface area contributed by atoms with Crippen LogP contribution in [0.2, 0.25) is 15.1 Å². The van der Waals surface area contributed by atoms with E-state index in [-0.39, 0.29) is 12.0 Å². The van der Waals surface area contributed by atoms with Gasteiger partial charge in [-0.15, -0.1) is 0 Å². The van der Waals surface area contributed by atoms with Crippen LogP contribution in [0.25, 0.3) is 0 Å². The predicted octanol–water partition coefficient (Wildman–Crippen LogP) is 5.54. The van der Waals surface area contributed by atoms with Crippen LogP contribution in [-0.2, 0) is 4.79 Å². The molecule has 1 aliphatic heterocycles. The number of hydrogen-bond donors (Lipinski definition) is 1. The first-order chi connectivity index (χ1) is 12.9. The van der Waals surface area contributed by atoms with Crippen molar-refractivity contribution < 1.29 is 14.6 Å². The van der Waals surface area contributed by atoms with E-state index in [1.807, 2.05) is 24.3 Å². The molecule has 0 radical (unpaired) electrons. The second-order valence-corrected chi connectivity index (χ2v) is 7.80. The summed E-state index contributed by atoms with van der Waals surface area (Å²) in [6, 6.07) is 10.8. The number of carboxylic acid groups (broad SMARTS) is 1. The van der Waals surface area contributed by atoms with Gasteiger partial charge in [-0.05, 0) is 55.8 Å². The molecule has 3 rings (SSSR count). The normalized spacial score (nSPS) is 16.9. The predicted molar refractivity (Wildman–Crippen MR) is 108 cm³/mol. The molecule has 27 heavy (non-hydrogen) atoms. The molecule has 1 aliphatic rings. The Morgan fingerprint density at radius 3 is 2.48 bits per heavy atom. The van der Waals surface area contributed by atoms with E-state index in [2.05, 4.69) is 4.90 Å². The van der Waals surface area contributed by atoms with Gasteiger partial charge in [0.15, 0.2) is 0 Å². The van der Waals surface area contributed by atoms with Gasteiger partial charge in [0.1, 0.15) is 5.75 Å². The summed E-state index contributed by atoms with van der Waals surface area (Å²) in [5, 5.41) is 10.8. The fourth-order valence-electron chi connectivity index (χ4n) is 3.62. The molecule has 1 atom stereocenters. The number of carboxylic acids is 1. The second kappa shape index (κ2) is 8.70. The Balaban J connectivity index is 2.07. The van der Waals surface area contributed by atoms with Crippen LogP contribution in [0.15, 0.2) is 36.4 Å².